The number of aromatic nitrogens is 1. The number of fused-ring (bicyclic) bond motifs is 1. The predicted molar refractivity (Wildman–Crippen MR) is 140 cm³/mol. The van der Waals surface area contributed by atoms with Crippen molar-refractivity contribution in [1.29, 1.82) is 0 Å². The molecule has 1 spiro atoms. The summed E-state index contributed by atoms with van der Waals surface area (Å²) in [6.07, 6.45) is 5.85. The van der Waals surface area contributed by atoms with Crippen molar-refractivity contribution in [2.75, 3.05) is 32.0 Å². The zero-order valence-electron chi connectivity index (χ0n) is 21.6. The summed E-state index contributed by atoms with van der Waals surface area (Å²) in [5, 5.41) is 9.14. The number of ether oxygens (including phenoxy) is 1. The average Bonchev–Trinajstić information content (AvgIpc) is 2.79. The molecule has 0 bridgehead atoms. The van der Waals surface area contributed by atoms with E-state index in [1.165, 1.54) is 5.56 Å². The molecule has 6 nitrogen and oxygen atoms in total. The third-order valence-electron chi connectivity index (χ3n) is 7.06. The topological polar surface area (TPSA) is 79.7 Å². The first kappa shape index (κ1) is 26.1. The van der Waals surface area contributed by atoms with E-state index < -0.39 is 9.84 Å². The molecule has 1 saturated heterocycles. The Morgan fingerprint density at radius 2 is 1.89 bits per heavy atom. The van der Waals surface area contributed by atoms with Crippen LogP contribution in [-0.2, 0) is 22.0 Å². The van der Waals surface area contributed by atoms with Gasteiger partial charge < -0.3 is 14.7 Å². The smallest absolute Gasteiger partial charge is 0.154 e. The standard InChI is InChI=1S/C28H40N2O4S/c1-21(17-31)18-35(32,33)19-22-5-7-25(29-16-22)23-6-8-26-24(15-23)9-10-28(34-26)11-13-30(14-12-28)20-27(2,3)4/h5-8,15-16,21,31H,9-14,17-20H2,1-4H3/t21-/m0/s1. The lowest BCUT2D eigenvalue weighted by Gasteiger charge is -2.45. The molecule has 4 rings (SSSR count). The number of nitrogens with zero attached hydrogens (tertiary/aromatic N) is 2. The zero-order valence-corrected chi connectivity index (χ0v) is 22.4. The van der Waals surface area contributed by atoms with Gasteiger partial charge in [0.05, 0.1) is 17.2 Å². The third-order valence-corrected chi connectivity index (χ3v) is 8.91. The van der Waals surface area contributed by atoms with Gasteiger partial charge in [-0.1, -0.05) is 33.8 Å². The van der Waals surface area contributed by atoms with Crippen LogP contribution in [0.5, 0.6) is 5.75 Å². The maximum atomic E-state index is 12.3. The highest BCUT2D eigenvalue weighted by atomic mass is 32.2. The van der Waals surface area contributed by atoms with Gasteiger partial charge in [-0.25, -0.2) is 8.42 Å². The summed E-state index contributed by atoms with van der Waals surface area (Å²) in [5.41, 5.74) is 4.01. The number of sulfone groups is 1. The van der Waals surface area contributed by atoms with Gasteiger partial charge in [0.25, 0.3) is 0 Å². The molecule has 2 aliphatic rings. The van der Waals surface area contributed by atoms with Gasteiger partial charge in [0.15, 0.2) is 9.84 Å². The Morgan fingerprint density at radius 1 is 1.14 bits per heavy atom. The maximum Gasteiger partial charge on any atom is 0.154 e. The quantitative estimate of drug-likeness (QED) is 0.603. The molecule has 2 aromatic rings. The van der Waals surface area contributed by atoms with Crippen molar-refractivity contribution in [1.82, 2.24) is 9.88 Å². The number of likely N-dealkylation sites (tertiary alicyclic amines) is 1. The van der Waals surface area contributed by atoms with Gasteiger partial charge in [-0.15, -0.1) is 0 Å². The van der Waals surface area contributed by atoms with E-state index in [4.69, 9.17) is 9.84 Å². The Bertz CT molecular complexity index is 1110. The van der Waals surface area contributed by atoms with E-state index in [1.54, 1.807) is 13.1 Å². The SMILES string of the molecule is C[C@@H](CO)CS(=O)(=O)Cc1ccc(-c2ccc3c(c2)CCC2(CCN(CC(C)(C)C)CC2)O3)nc1. The second kappa shape index (κ2) is 10.2. The summed E-state index contributed by atoms with van der Waals surface area (Å²) in [6, 6.07) is 10.0. The molecule has 0 saturated carbocycles. The fraction of sp³-hybridized carbons (Fsp3) is 0.607. The molecule has 35 heavy (non-hydrogen) atoms. The van der Waals surface area contributed by atoms with Gasteiger partial charge >= 0.3 is 0 Å². The van der Waals surface area contributed by atoms with Gasteiger partial charge in [0.1, 0.15) is 11.4 Å². The van der Waals surface area contributed by atoms with Crippen LogP contribution in [0.4, 0.5) is 0 Å². The van der Waals surface area contributed by atoms with Crippen LogP contribution in [0.2, 0.25) is 0 Å². The van der Waals surface area contributed by atoms with E-state index in [0.29, 0.717) is 11.0 Å². The van der Waals surface area contributed by atoms with Gasteiger partial charge in [-0.3, -0.25) is 4.98 Å². The van der Waals surface area contributed by atoms with Crippen LogP contribution in [-0.4, -0.2) is 61.0 Å². The number of aliphatic hydroxyl groups excluding tert-OH is 1. The Kier molecular flexibility index (Phi) is 7.60. The van der Waals surface area contributed by atoms with Crippen LogP contribution >= 0.6 is 0 Å². The Labute approximate surface area is 210 Å². The summed E-state index contributed by atoms with van der Waals surface area (Å²) >= 11 is 0. The minimum atomic E-state index is -3.28. The molecular formula is C28H40N2O4S. The van der Waals surface area contributed by atoms with Crippen molar-refractivity contribution in [3.8, 4) is 17.0 Å². The zero-order chi connectivity index (χ0) is 25.3. The predicted octanol–water partition coefficient (Wildman–Crippen LogP) is 4.50. The van der Waals surface area contributed by atoms with Crippen molar-refractivity contribution < 1.29 is 18.3 Å². The third kappa shape index (κ3) is 6.83. The number of aryl methyl sites for hydroxylation is 1. The molecule has 3 heterocycles. The van der Waals surface area contributed by atoms with Crippen molar-refractivity contribution >= 4 is 9.84 Å². The van der Waals surface area contributed by atoms with Gasteiger partial charge in [-0.2, -0.15) is 0 Å². The summed E-state index contributed by atoms with van der Waals surface area (Å²) in [7, 11) is -3.28. The molecule has 0 radical (unpaired) electrons. The van der Waals surface area contributed by atoms with Crippen molar-refractivity contribution in [2.45, 2.75) is 64.7 Å². The highest BCUT2D eigenvalue weighted by molar-refractivity contribution is 7.90. The average molecular weight is 501 g/mol. The number of benzene rings is 1. The molecule has 1 aromatic heterocycles. The summed E-state index contributed by atoms with van der Waals surface area (Å²) < 4.78 is 31.3. The summed E-state index contributed by atoms with van der Waals surface area (Å²) in [5.74, 6) is 0.648. The van der Waals surface area contributed by atoms with Gasteiger partial charge in [0, 0.05) is 38.0 Å². The second-order valence-electron chi connectivity index (χ2n) is 11.8. The van der Waals surface area contributed by atoms with E-state index >= 15 is 0 Å². The number of aliphatic hydroxyl groups is 1. The highest BCUT2D eigenvalue weighted by Gasteiger charge is 2.40. The van der Waals surface area contributed by atoms with Crippen molar-refractivity contribution in [3.63, 3.8) is 0 Å². The Balaban J connectivity index is 1.40. The monoisotopic (exact) mass is 500 g/mol. The summed E-state index contributed by atoms with van der Waals surface area (Å²) in [4.78, 5) is 7.11. The maximum absolute atomic E-state index is 12.3. The van der Waals surface area contributed by atoms with Crippen LogP contribution in [0, 0.1) is 11.3 Å². The van der Waals surface area contributed by atoms with Crippen LogP contribution in [0.25, 0.3) is 11.3 Å². The normalized spacial score (nSPS) is 19.2. The first-order valence-electron chi connectivity index (χ1n) is 12.8. The molecule has 0 aliphatic carbocycles. The molecule has 0 amide bonds. The lowest BCUT2D eigenvalue weighted by Crippen LogP contribution is -2.51. The summed E-state index contributed by atoms with van der Waals surface area (Å²) in [6.45, 7) is 11.8. The second-order valence-corrected chi connectivity index (χ2v) is 13.9. The fourth-order valence-electron chi connectivity index (χ4n) is 5.30. The fourth-order valence-corrected chi connectivity index (χ4v) is 7.07. The van der Waals surface area contributed by atoms with E-state index in [1.807, 2.05) is 18.2 Å². The Morgan fingerprint density at radius 3 is 2.51 bits per heavy atom. The molecule has 7 heteroatoms. The van der Waals surface area contributed by atoms with Crippen LogP contribution < -0.4 is 4.74 Å². The number of piperidine rings is 1. The molecule has 1 aromatic carbocycles. The number of pyridine rings is 1. The van der Waals surface area contributed by atoms with Crippen LogP contribution in [0.3, 0.4) is 0 Å². The lowest BCUT2D eigenvalue weighted by molar-refractivity contribution is -0.0206. The lowest BCUT2D eigenvalue weighted by atomic mass is 9.82. The van der Waals surface area contributed by atoms with Crippen molar-refractivity contribution in [3.05, 3.63) is 47.7 Å². The van der Waals surface area contributed by atoms with Crippen LogP contribution in [0.1, 0.15) is 58.1 Å². The molecule has 1 atom stereocenters. The molecule has 192 valence electrons. The molecule has 1 N–H and O–H groups in total. The first-order valence-corrected chi connectivity index (χ1v) is 14.6. The number of rotatable bonds is 7. The van der Waals surface area contributed by atoms with Gasteiger partial charge in [-0.05, 0) is 72.4 Å². The van der Waals surface area contributed by atoms with E-state index in [9.17, 15) is 8.42 Å². The van der Waals surface area contributed by atoms with Gasteiger partial charge in [0.2, 0.25) is 0 Å². The minimum Gasteiger partial charge on any atom is -0.487 e. The van der Waals surface area contributed by atoms with E-state index in [-0.39, 0.29) is 29.6 Å². The number of hydrogen-bond donors (Lipinski definition) is 1. The highest BCUT2D eigenvalue weighted by Crippen LogP contribution is 2.41. The van der Waals surface area contributed by atoms with E-state index in [0.717, 1.165) is 62.3 Å². The molecule has 1 fully saturated rings. The first-order chi connectivity index (χ1) is 16.5. The van der Waals surface area contributed by atoms with E-state index in [2.05, 4.69) is 42.8 Å². The molecule has 2 aliphatic heterocycles. The molecule has 0 unspecified atom stereocenters. The van der Waals surface area contributed by atoms with Crippen LogP contribution in [0.15, 0.2) is 36.5 Å². The number of hydrogen-bond acceptors (Lipinski definition) is 6. The minimum absolute atomic E-state index is 0.0216. The largest absolute Gasteiger partial charge is 0.487 e. The van der Waals surface area contributed by atoms with Crippen molar-refractivity contribution in [2.24, 2.45) is 11.3 Å². The Hall–Kier alpha value is -1.96. The molecular weight excluding hydrogens is 460 g/mol.